The molecule has 1 aliphatic rings. The molecule has 120 valence electrons. The van der Waals surface area contributed by atoms with Crippen LogP contribution in [0.3, 0.4) is 0 Å². The third kappa shape index (κ3) is 2.03. The number of H-pyrrole nitrogens is 1. The van der Waals surface area contributed by atoms with Crippen molar-refractivity contribution < 1.29 is 14.9 Å². The molecule has 8 heteroatoms. The molecule has 0 aliphatic carbocycles. The van der Waals surface area contributed by atoms with E-state index in [1.807, 2.05) is 24.3 Å². The monoisotopic (exact) mass is 316 g/mol. The molecule has 0 radical (unpaired) electrons. The highest BCUT2D eigenvalue weighted by Gasteiger charge is 2.36. The van der Waals surface area contributed by atoms with E-state index in [1.54, 1.807) is 4.57 Å². The summed E-state index contributed by atoms with van der Waals surface area (Å²) in [6.07, 6.45) is -1.66. The van der Waals surface area contributed by atoms with Crippen LogP contribution in [0.25, 0.3) is 21.9 Å². The van der Waals surface area contributed by atoms with Crippen molar-refractivity contribution in [2.24, 2.45) is 0 Å². The van der Waals surface area contributed by atoms with Gasteiger partial charge in [-0.1, -0.05) is 18.2 Å². The lowest BCUT2D eigenvalue weighted by molar-refractivity contribution is -0.0417. The Hall–Kier alpha value is -2.42. The largest absolute Gasteiger partial charge is 0.394 e. The van der Waals surface area contributed by atoms with Crippen LogP contribution in [0.1, 0.15) is 12.6 Å². The first-order valence-corrected chi connectivity index (χ1v) is 7.33. The van der Waals surface area contributed by atoms with E-state index in [1.165, 1.54) is 0 Å². The minimum atomic E-state index is -0.777. The molecule has 0 saturated carbocycles. The summed E-state index contributed by atoms with van der Waals surface area (Å²) < 4.78 is 7.49. The number of para-hydroxylation sites is 1. The van der Waals surface area contributed by atoms with Crippen molar-refractivity contribution in [3.05, 3.63) is 34.6 Å². The van der Waals surface area contributed by atoms with Gasteiger partial charge in [0.05, 0.1) is 23.6 Å². The molecule has 0 unspecified atom stereocenters. The second-order valence-corrected chi connectivity index (χ2v) is 5.65. The van der Waals surface area contributed by atoms with Gasteiger partial charge < -0.3 is 20.7 Å². The van der Waals surface area contributed by atoms with E-state index >= 15 is 0 Å². The van der Waals surface area contributed by atoms with E-state index in [4.69, 9.17) is 10.5 Å². The highest BCUT2D eigenvalue weighted by molar-refractivity contribution is 6.06. The van der Waals surface area contributed by atoms with Gasteiger partial charge in [0.25, 0.3) is 5.56 Å². The van der Waals surface area contributed by atoms with Gasteiger partial charge in [-0.15, -0.1) is 0 Å². The topological polar surface area (TPSA) is 126 Å². The lowest BCUT2D eigenvalue weighted by Gasteiger charge is -2.15. The fourth-order valence-electron chi connectivity index (χ4n) is 3.23. The predicted octanol–water partition coefficient (Wildman–Crippen LogP) is 0.101. The molecule has 0 amide bonds. The van der Waals surface area contributed by atoms with E-state index in [9.17, 15) is 15.0 Å². The average molecular weight is 316 g/mol. The van der Waals surface area contributed by atoms with Crippen LogP contribution in [-0.4, -0.2) is 43.6 Å². The number of hydrogen-bond acceptors (Lipinski definition) is 6. The van der Waals surface area contributed by atoms with Crippen molar-refractivity contribution in [1.82, 2.24) is 14.5 Å². The smallest absolute Gasteiger partial charge is 0.262 e. The van der Waals surface area contributed by atoms with Gasteiger partial charge in [0.2, 0.25) is 5.95 Å². The highest BCUT2D eigenvalue weighted by Crippen LogP contribution is 2.35. The number of nitrogens with one attached hydrogen (secondary N) is 1. The van der Waals surface area contributed by atoms with Crippen LogP contribution >= 0.6 is 0 Å². The number of hydrogen-bond donors (Lipinski definition) is 4. The maximum absolute atomic E-state index is 12.3. The standard InChI is InChI=1S/C15H16N4O4/c16-15-17-13-12(14(22)18-15)7-3-1-2-4-8(7)19(13)11-5-9(21)10(6-20)23-11/h1-4,9-11,20-21H,5-6H2,(H3,16,17,18,22)/t9-,10+,11+/m0/s1. The van der Waals surface area contributed by atoms with E-state index < -0.39 is 18.4 Å². The fraction of sp³-hybridized carbons (Fsp3) is 0.333. The Kier molecular flexibility index (Phi) is 3.12. The zero-order valence-electron chi connectivity index (χ0n) is 12.1. The first kappa shape index (κ1) is 14.2. The fourth-order valence-corrected chi connectivity index (χ4v) is 3.23. The number of nitrogen functional groups attached to an aromatic ring is 1. The Balaban J connectivity index is 2.03. The Labute approximate surface area is 130 Å². The predicted molar refractivity (Wildman–Crippen MR) is 83.9 cm³/mol. The number of benzene rings is 1. The first-order valence-electron chi connectivity index (χ1n) is 7.33. The number of aliphatic hydroxyl groups excluding tert-OH is 2. The minimum Gasteiger partial charge on any atom is -0.394 e. The van der Waals surface area contributed by atoms with E-state index in [-0.39, 0.29) is 18.1 Å². The molecule has 3 heterocycles. The Bertz CT molecular complexity index is 948. The zero-order valence-corrected chi connectivity index (χ0v) is 12.1. The summed E-state index contributed by atoms with van der Waals surface area (Å²) in [6, 6.07) is 7.37. The third-order valence-electron chi connectivity index (χ3n) is 4.25. The quantitative estimate of drug-likeness (QED) is 0.531. The van der Waals surface area contributed by atoms with Crippen LogP contribution < -0.4 is 11.3 Å². The number of ether oxygens (including phenoxy) is 1. The number of aromatic amines is 1. The van der Waals surface area contributed by atoms with Crippen molar-refractivity contribution in [3.8, 4) is 0 Å². The van der Waals surface area contributed by atoms with Crippen LogP contribution in [0.2, 0.25) is 0 Å². The number of fused-ring (bicyclic) bond motifs is 3. The highest BCUT2D eigenvalue weighted by atomic mass is 16.5. The van der Waals surface area contributed by atoms with Crippen LogP contribution in [0.5, 0.6) is 0 Å². The molecule has 3 aromatic rings. The summed E-state index contributed by atoms with van der Waals surface area (Å²) in [4.78, 5) is 19.1. The maximum Gasteiger partial charge on any atom is 0.262 e. The van der Waals surface area contributed by atoms with Gasteiger partial charge in [0.1, 0.15) is 12.3 Å². The second kappa shape index (κ2) is 5.05. The molecule has 2 aromatic heterocycles. The molecule has 3 atom stereocenters. The van der Waals surface area contributed by atoms with E-state index in [0.29, 0.717) is 17.5 Å². The molecule has 23 heavy (non-hydrogen) atoms. The van der Waals surface area contributed by atoms with Crippen molar-refractivity contribution in [2.45, 2.75) is 24.9 Å². The molecule has 1 aromatic carbocycles. The Morgan fingerprint density at radius 2 is 2.22 bits per heavy atom. The molecule has 4 rings (SSSR count). The summed E-state index contributed by atoms with van der Waals surface area (Å²) in [7, 11) is 0. The molecule has 0 bridgehead atoms. The molecule has 1 saturated heterocycles. The van der Waals surface area contributed by atoms with Crippen LogP contribution in [0, 0.1) is 0 Å². The molecule has 1 aliphatic heterocycles. The van der Waals surface area contributed by atoms with Gasteiger partial charge in [-0.05, 0) is 6.07 Å². The summed E-state index contributed by atoms with van der Waals surface area (Å²) in [5.74, 6) is 0.0174. The summed E-state index contributed by atoms with van der Waals surface area (Å²) in [5.41, 5.74) is 6.54. The van der Waals surface area contributed by atoms with Gasteiger partial charge in [-0.25, -0.2) is 0 Å². The minimum absolute atomic E-state index is 0.0174. The number of aliphatic hydroxyl groups is 2. The van der Waals surface area contributed by atoms with E-state index in [2.05, 4.69) is 9.97 Å². The van der Waals surface area contributed by atoms with Crippen molar-refractivity contribution in [3.63, 3.8) is 0 Å². The van der Waals surface area contributed by atoms with Gasteiger partial charge in [0, 0.05) is 11.8 Å². The molecule has 5 N–H and O–H groups in total. The van der Waals surface area contributed by atoms with Gasteiger partial charge >= 0.3 is 0 Å². The number of rotatable bonds is 2. The Morgan fingerprint density at radius 1 is 1.43 bits per heavy atom. The SMILES string of the molecule is Nc1nc2c(c(=O)[nH]1)c1ccccc1n2[C@H]1C[C@H](O)[C@@H](CO)O1. The number of anilines is 1. The van der Waals surface area contributed by atoms with E-state index in [0.717, 1.165) is 10.9 Å². The van der Waals surface area contributed by atoms with Crippen LogP contribution in [0.15, 0.2) is 29.1 Å². The summed E-state index contributed by atoms with van der Waals surface area (Å²) >= 11 is 0. The zero-order chi connectivity index (χ0) is 16.1. The van der Waals surface area contributed by atoms with Crippen molar-refractivity contribution in [1.29, 1.82) is 0 Å². The lowest BCUT2D eigenvalue weighted by Crippen LogP contribution is -2.24. The first-order chi connectivity index (χ1) is 11.1. The maximum atomic E-state index is 12.3. The normalized spacial score (nSPS) is 24.7. The Morgan fingerprint density at radius 3 is 2.96 bits per heavy atom. The molecule has 8 nitrogen and oxygen atoms in total. The van der Waals surface area contributed by atoms with Crippen LogP contribution in [-0.2, 0) is 4.74 Å². The summed E-state index contributed by atoms with van der Waals surface area (Å²) in [6.45, 7) is -0.273. The molecular weight excluding hydrogens is 300 g/mol. The molecule has 1 fully saturated rings. The second-order valence-electron chi connectivity index (χ2n) is 5.65. The van der Waals surface area contributed by atoms with Crippen molar-refractivity contribution >= 4 is 27.9 Å². The van der Waals surface area contributed by atoms with Crippen LogP contribution in [0.4, 0.5) is 5.95 Å². The molecule has 0 spiro atoms. The average Bonchev–Trinajstić information content (AvgIpc) is 3.04. The van der Waals surface area contributed by atoms with Gasteiger partial charge in [-0.2, -0.15) is 4.98 Å². The van der Waals surface area contributed by atoms with Gasteiger partial charge in [0.15, 0.2) is 5.65 Å². The summed E-state index contributed by atoms with van der Waals surface area (Å²) in [5, 5.41) is 20.5. The van der Waals surface area contributed by atoms with Gasteiger partial charge in [-0.3, -0.25) is 14.3 Å². The number of nitrogens with two attached hydrogens (primary N) is 1. The van der Waals surface area contributed by atoms with Crippen molar-refractivity contribution in [2.75, 3.05) is 12.3 Å². The number of nitrogens with zero attached hydrogens (tertiary/aromatic N) is 2. The third-order valence-corrected chi connectivity index (χ3v) is 4.25. The molecular formula is C15H16N4O4. The lowest BCUT2D eigenvalue weighted by atomic mass is 10.2. The number of aromatic nitrogens is 3.